The summed E-state index contributed by atoms with van der Waals surface area (Å²) in [6.07, 6.45) is 7.67. The van der Waals surface area contributed by atoms with Crippen LogP contribution in [0.25, 0.3) is 0 Å². The highest BCUT2D eigenvalue weighted by atomic mass is 35.5. The molecule has 21 heavy (non-hydrogen) atoms. The molecular formula is C14H26Cl2N4O. The quantitative estimate of drug-likeness (QED) is 0.889. The summed E-state index contributed by atoms with van der Waals surface area (Å²) in [5.41, 5.74) is 1.00. The van der Waals surface area contributed by atoms with Crippen LogP contribution < -0.4 is 5.32 Å². The lowest BCUT2D eigenvalue weighted by Gasteiger charge is -2.32. The third-order valence-electron chi connectivity index (χ3n) is 3.88. The van der Waals surface area contributed by atoms with Crippen molar-refractivity contribution in [3.8, 4) is 0 Å². The Kier molecular flexibility index (Phi) is 9.66. The summed E-state index contributed by atoms with van der Waals surface area (Å²) in [7, 11) is 3.87. The van der Waals surface area contributed by atoms with Gasteiger partial charge in [0, 0.05) is 26.3 Å². The van der Waals surface area contributed by atoms with E-state index in [1.165, 1.54) is 6.42 Å². The van der Waals surface area contributed by atoms with E-state index in [9.17, 15) is 4.79 Å². The van der Waals surface area contributed by atoms with E-state index in [4.69, 9.17) is 0 Å². The zero-order valence-corrected chi connectivity index (χ0v) is 14.4. The van der Waals surface area contributed by atoms with Gasteiger partial charge in [-0.2, -0.15) is 5.10 Å². The van der Waals surface area contributed by atoms with Gasteiger partial charge in [-0.25, -0.2) is 0 Å². The smallest absolute Gasteiger partial charge is 0.227 e. The second kappa shape index (κ2) is 10.0. The van der Waals surface area contributed by atoms with Gasteiger partial charge < -0.3 is 10.2 Å². The van der Waals surface area contributed by atoms with Crippen LogP contribution in [-0.4, -0.2) is 47.3 Å². The molecule has 1 fully saturated rings. The molecule has 0 aliphatic carbocycles. The lowest BCUT2D eigenvalue weighted by Crippen LogP contribution is -2.39. The maximum Gasteiger partial charge on any atom is 0.227 e. The number of rotatable bonds is 5. The third-order valence-corrected chi connectivity index (χ3v) is 3.88. The Morgan fingerprint density at radius 2 is 2.05 bits per heavy atom. The summed E-state index contributed by atoms with van der Waals surface area (Å²) >= 11 is 0. The Labute approximate surface area is 139 Å². The van der Waals surface area contributed by atoms with Crippen molar-refractivity contribution in [3.05, 3.63) is 18.0 Å². The van der Waals surface area contributed by atoms with E-state index in [0.29, 0.717) is 6.42 Å². The number of nitrogens with one attached hydrogen (secondary N) is 1. The van der Waals surface area contributed by atoms with Gasteiger partial charge in [0.15, 0.2) is 0 Å². The maximum absolute atomic E-state index is 12.2. The van der Waals surface area contributed by atoms with Crippen LogP contribution in [0.1, 0.15) is 24.8 Å². The average molecular weight is 337 g/mol. The van der Waals surface area contributed by atoms with Crippen molar-refractivity contribution in [1.29, 1.82) is 0 Å². The summed E-state index contributed by atoms with van der Waals surface area (Å²) in [6.45, 7) is 2.90. The molecule has 0 saturated carbocycles. The van der Waals surface area contributed by atoms with Gasteiger partial charge in [-0.3, -0.25) is 9.48 Å². The molecule has 0 atom stereocenters. The van der Waals surface area contributed by atoms with Crippen LogP contribution in [0.4, 0.5) is 0 Å². The normalized spacial score (nSPS) is 15.2. The van der Waals surface area contributed by atoms with Crippen LogP contribution in [0.15, 0.2) is 12.4 Å². The van der Waals surface area contributed by atoms with Crippen LogP contribution >= 0.6 is 24.8 Å². The van der Waals surface area contributed by atoms with E-state index in [0.717, 1.165) is 44.0 Å². The molecule has 0 unspecified atom stereocenters. The number of hydrogen-bond acceptors (Lipinski definition) is 3. The number of hydrogen-bond donors (Lipinski definition) is 1. The van der Waals surface area contributed by atoms with Gasteiger partial charge in [0.25, 0.3) is 0 Å². The summed E-state index contributed by atoms with van der Waals surface area (Å²) in [5.74, 6) is 1.01. The second-order valence-corrected chi connectivity index (χ2v) is 5.42. The fourth-order valence-electron chi connectivity index (χ4n) is 2.67. The molecule has 2 rings (SSSR count). The first kappa shape index (κ1) is 20.2. The molecule has 2 heterocycles. The van der Waals surface area contributed by atoms with Crippen molar-refractivity contribution >= 4 is 30.7 Å². The van der Waals surface area contributed by atoms with Crippen molar-refractivity contribution in [2.75, 3.05) is 26.7 Å². The Morgan fingerprint density at radius 1 is 1.38 bits per heavy atom. The van der Waals surface area contributed by atoms with Crippen LogP contribution in [0.3, 0.4) is 0 Å². The van der Waals surface area contributed by atoms with E-state index in [1.807, 2.05) is 25.2 Å². The van der Waals surface area contributed by atoms with Crippen molar-refractivity contribution in [3.63, 3.8) is 0 Å². The van der Waals surface area contributed by atoms with Crippen LogP contribution in [-0.2, 0) is 18.3 Å². The van der Waals surface area contributed by atoms with Gasteiger partial charge in [0.1, 0.15) is 0 Å². The summed E-state index contributed by atoms with van der Waals surface area (Å²) in [6, 6.07) is 0. The number of carbonyl (C=O) groups is 1. The van der Waals surface area contributed by atoms with E-state index in [2.05, 4.69) is 10.4 Å². The zero-order valence-electron chi connectivity index (χ0n) is 12.7. The van der Waals surface area contributed by atoms with Crippen molar-refractivity contribution < 1.29 is 4.79 Å². The minimum atomic E-state index is 0. The minimum Gasteiger partial charge on any atom is -0.342 e. The average Bonchev–Trinajstić information content (AvgIpc) is 2.82. The van der Waals surface area contributed by atoms with Crippen molar-refractivity contribution in [2.45, 2.75) is 25.7 Å². The molecule has 1 aromatic heterocycles. The summed E-state index contributed by atoms with van der Waals surface area (Å²) in [5, 5.41) is 7.29. The molecule has 1 N–H and O–H groups in total. The number of halogens is 2. The molecule has 0 aromatic carbocycles. The topological polar surface area (TPSA) is 50.2 Å². The Bertz CT molecular complexity index is 417. The lowest BCUT2D eigenvalue weighted by molar-refractivity contribution is -0.131. The Morgan fingerprint density at radius 3 is 2.57 bits per heavy atom. The van der Waals surface area contributed by atoms with Gasteiger partial charge in [-0.05, 0) is 44.3 Å². The summed E-state index contributed by atoms with van der Waals surface area (Å²) in [4.78, 5) is 14.2. The van der Waals surface area contributed by atoms with Gasteiger partial charge in [-0.1, -0.05) is 0 Å². The molecule has 122 valence electrons. The third kappa shape index (κ3) is 6.24. The number of nitrogens with zero attached hydrogens (tertiary/aromatic N) is 3. The van der Waals surface area contributed by atoms with Crippen LogP contribution in [0, 0.1) is 5.92 Å². The van der Waals surface area contributed by atoms with Crippen LogP contribution in [0.2, 0.25) is 0 Å². The summed E-state index contributed by atoms with van der Waals surface area (Å²) < 4.78 is 1.74. The molecule has 0 radical (unpaired) electrons. The highest BCUT2D eigenvalue weighted by Crippen LogP contribution is 2.20. The van der Waals surface area contributed by atoms with Crippen molar-refractivity contribution in [2.24, 2.45) is 13.0 Å². The molecule has 1 saturated heterocycles. The molecule has 0 bridgehead atoms. The largest absolute Gasteiger partial charge is 0.342 e. The fourth-order valence-corrected chi connectivity index (χ4v) is 2.67. The molecular weight excluding hydrogens is 311 g/mol. The first-order valence-corrected chi connectivity index (χ1v) is 7.09. The lowest BCUT2D eigenvalue weighted by atomic mass is 9.93. The molecule has 7 heteroatoms. The number of carbonyl (C=O) groups excluding carboxylic acids is 1. The fraction of sp³-hybridized carbons (Fsp3) is 0.714. The molecule has 1 aliphatic heterocycles. The number of piperidine rings is 1. The standard InChI is InChI=1S/C14H24N4O.2ClH/c1-15-6-3-12-4-7-18(8-5-12)14(19)9-13-10-16-17(2)11-13;;/h10-12,15H,3-9H2,1-2H3;2*1H. The second-order valence-electron chi connectivity index (χ2n) is 5.42. The molecule has 5 nitrogen and oxygen atoms in total. The van der Waals surface area contributed by atoms with E-state index in [1.54, 1.807) is 10.9 Å². The predicted molar refractivity (Wildman–Crippen MR) is 89.3 cm³/mol. The van der Waals surface area contributed by atoms with Gasteiger partial charge in [-0.15, -0.1) is 24.8 Å². The number of aryl methyl sites for hydroxylation is 1. The van der Waals surface area contributed by atoms with Gasteiger partial charge in [0.05, 0.1) is 12.6 Å². The van der Waals surface area contributed by atoms with E-state index < -0.39 is 0 Å². The zero-order chi connectivity index (χ0) is 13.7. The maximum atomic E-state index is 12.2. The molecule has 0 spiro atoms. The Hall–Kier alpha value is -0.780. The molecule has 1 aliphatic rings. The number of likely N-dealkylation sites (tertiary alicyclic amines) is 1. The minimum absolute atomic E-state index is 0. The number of aromatic nitrogens is 2. The first-order valence-electron chi connectivity index (χ1n) is 7.09. The monoisotopic (exact) mass is 336 g/mol. The Balaban J connectivity index is 0.00000200. The highest BCUT2D eigenvalue weighted by Gasteiger charge is 2.22. The highest BCUT2D eigenvalue weighted by molar-refractivity contribution is 5.85. The van der Waals surface area contributed by atoms with E-state index >= 15 is 0 Å². The van der Waals surface area contributed by atoms with Gasteiger partial charge >= 0.3 is 0 Å². The van der Waals surface area contributed by atoms with Gasteiger partial charge in [0.2, 0.25) is 5.91 Å². The predicted octanol–water partition coefficient (Wildman–Crippen LogP) is 1.65. The SMILES string of the molecule is CNCCC1CCN(C(=O)Cc2cnn(C)c2)CC1.Cl.Cl. The van der Waals surface area contributed by atoms with Crippen LogP contribution in [0.5, 0.6) is 0 Å². The van der Waals surface area contributed by atoms with Crippen molar-refractivity contribution in [1.82, 2.24) is 20.0 Å². The first-order chi connectivity index (χ1) is 9.19. The number of amides is 1. The molecule has 1 aromatic rings. The van der Waals surface area contributed by atoms with E-state index in [-0.39, 0.29) is 30.7 Å². The molecule has 1 amide bonds.